The van der Waals surface area contributed by atoms with Gasteiger partial charge in [-0.05, 0) is 23.3 Å². The monoisotopic (exact) mass is 626 g/mol. The number of carbonyl (C=O) groups excluding carboxylic acids is 2. The van der Waals surface area contributed by atoms with Gasteiger partial charge in [0.05, 0.1) is 24.0 Å². The molecule has 4 bridgehead atoms. The Labute approximate surface area is 251 Å². The van der Waals surface area contributed by atoms with Crippen molar-refractivity contribution in [1.82, 2.24) is 0 Å². The predicted molar refractivity (Wildman–Crippen MR) is 142 cm³/mol. The van der Waals surface area contributed by atoms with Crippen LogP contribution in [0.4, 0.5) is 0 Å². The van der Waals surface area contributed by atoms with Crippen molar-refractivity contribution in [3.8, 4) is 34.5 Å². The third-order valence-corrected chi connectivity index (χ3v) is 10.1. The maximum atomic E-state index is 13.9. The molecule has 15 nitrogen and oxygen atoms in total. The van der Waals surface area contributed by atoms with Crippen LogP contribution in [0.15, 0.2) is 47.6 Å². The Hall–Kier alpha value is -4.22. The number of fused-ring (bicyclic) bond motifs is 3. The fraction of sp³-hybridized carbons (Fsp3) is 0.400. The molecule has 2 aromatic rings. The van der Waals surface area contributed by atoms with E-state index in [-0.39, 0.29) is 41.0 Å². The van der Waals surface area contributed by atoms with E-state index >= 15 is 0 Å². The van der Waals surface area contributed by atoms with E-state index in [1.165, 1.54) is 0 Å². The molecule has 2 fully saturated rings. The fourth-order valence-corrected chi connectivity index (χ4v) is 8.25. The van der Waals surface area contributed by atoms with E-state index in [0.717, 1.165) is 36.4 Å². The fourth-order valence-electron chi connectivity index (χ4n) is 8.25. The van der Waals surface area contributed by atoms with Crippen molar-refractivity contribution in [3.05, 3.63) is 58.7 Å². The Morgan fingerprint density at radius 3 is 1.64 bits per heavy atom. The number of hydrogen-bond donors (Lipinski definition) is 10. The van der Waals surface area contributed by atoms with Crippen LogP contribution in [0.25, 0.3) is 0 Å². The van der Waals surface area contributed by atoms with Gasteiger partial charge < -0.3 is 65.3 Å². The minimum Gasteiger partial charge on any atom is -0.508 e. The largest absolute Gasteiger partial charge is 0.508 e. The van der Waals surface area contributed by atoms with Gasteiger partial charge in [-0.15, -0.1) is 0 Å². The second-order valence-electron chi connectivity index (χ2n) is 12.4. The van der Waals surface area contributed by atoms with Crippen molar-refractivity contribution in [1.29, 1.82) is 0 Å². The first kappa shape index (κ1) is 28.3. The summed E-state index contributed by atoms with van der Waals surface area (Å²) >= 11 is 0. The van der Waals surface area contributed by atoms with Gasteiger partial charge >= 0.3 is 0 Å². The number of aliphatic hydroxyl groups is 6. The molecule has 6 aliphatic rings. The average molecular weight is 627 g/mol. The zero-order valence-corrected chi connectivity index (χ0v) is 22.9. The van der Waals surface area contributed by atoms with Crippen LogP contribution in [0.2, 0.25) is 0 Å². The van der Waals surface area contributed by atoms with Gasteiger partial charge in [0.15, 0.2) is 11.4 Å². The Balaban J connectivity index is 1.27. The Bertz CT molecular complexity index is 1820. The third kappa shape index (κ3) is 3.08. The van der Waals surface area contributed by atoms with Gasteiger partial charge in [0.25, 0.3) is 5.79 Å². The van der Waals surface area contributed by atoms with E-state index in [1.807, 2.05) is 0 Å². The Morgan fingerprint density at radius 2 is 1.13 bits per heavy atom. The number of phenolic OH excluding ortho intramolecular Hbond substituents is 4. The van der Waals surface area contributed by atoms with Gasteiger partial charge in [-0.1, -0.05) is 0 Å². The molecule has 15 heteroatoms. The number of aliphatic hydroxyl groups excluding tert-OH is 2. The van der Waals surface area contributed by atoms with Gasteiger partial charge in [0, 0.05) is 48.2 Å². The van der Waals surface area contributed by atoms with Gasteiger partial charge in [-0.3, -0.25) is 9.59 Å². The van der Waals surface area contributed by atoms with Gasteiger partial charge in [-0.25, -0.2) is 0 Å². The van der Waals surface area contributed by atoms with E-state index in [1.54, 1.807) is 0 Å². The number of phenols is 4. The number of carbonyl (C=O) groups is 2. The third-order valence-electron chi connectivity index (χ3n) is 10.1. The highest BCUT2D eigenvalue weighted by atomic mass is 16.8. The average Bonchev–Trinajstić information content (AvgIpc) is 3.20. The molecule has 10 N–H and O–H groups in total. The lowest BCUT2D eigenvalue weighted by atomic mass is 9.63. The number of benzene rings is 2. The summed E-state index contributed by atoms with van der Waals surface area (Å²) in [5, 5.41) is 111. The number of hydrogen-bond acceptors (Lipinski definition) is 15. The minimum absolute atomic E-state index is 0.0997. The van der Waals surface area contributed by atoms with Gasteiger partial charge in [0.2, 0.25) is 11.6 Å². The van der Waals surface area contributed by atoms with Crippen molar-refractivity contribution >= 4 is 11.6 Å². The van der Waals surface area contributed by atoms with Crippen LogP contribution >= 0.6 is 0 Å². The second-order valence-corrected chi connectivity index (χ2v) is 12.4. The normalized spacial score (nSPS) is 42.3. The number of ether oxygens (including phenoxy) is 3. The minimum atomic E-state index is -3.24. The van der Waals surface area contributed by atoms with Crippen molar-refractivity contribution < 1.29 is 74.9 Å². The van der Waals surface area contributed by atoms with Crippen LogP contribution < -0.4 is 9.47 Å². The topological polar surface area (TPSA) is 264 Å². The summed E-state index contributed by atoms with van der Waals surface area (Å²) in [6, 6.07) is 4.29. The number of aromatic hydroxyl groups is 4. The molecule has 2 aromatic carbocycles. The molecule has 1 saturated carbocycles. The van der Waals surface area contributed by atoms with E-state index in [9.17, 15) is 60.7 Å². The first-order valence-corrected chi connectivity index (χ1v) is 14.0. The molecule has 3 aliphatic heterocycles. The molecular weight excluding hydrogens is 600 g/mol. The molecule has 8 rings (SSSR count). The zero-order chi connectivity index (χ0) is 32.2. The molecule has 0 radical (unpaired) electrons. The molecule has 10 atom stereocenters. The second kappa shape index (κ2) is 8.32. The molecule has 0 amide bonds. The summed E-state index contributed by atoms with van der Waals surface area (Å²) in [6.45, 7) is 0. The molecule has 3 heterocycles. The summed E-state index contributed by atoms with van der Waals surface area (Å²) < 4.78 is 17.1. The summed E-state index contributed by atoms with van der Waals surface area (Å²) in [4.78, 5) is 27.4. The SMILES string of the molecule is O=C1C=C([C@H]2Oc3cc(O)cc(O)c3C[C@H]2O)[C@@H]2[C@]3(O)C(=O)C=C([C@H]4Oc5cc(O)cc(O)c5C[C@H]4O)C4C3(O)OC1(O)[C@@]42O. The quantitative estimate of drug-likeness (QED) is 0.168. The molecule has 3 aliphatic carbocycles. The molecule has 1 saturated heterocycles. The number of rotatable bonds is 2. The first-order valence-electron chi connectivity index (χ1n) is 14.0. The van der Waals surface area contributed by atoms with Crippen LogP contribution in [0.3, 0.4) is 0 Å². The molecule has 0 spiro atoms. The smallest absolute Gasteiger partial charge is 0.264 e. The van der Waals surface area contributed by atoms with Gasteiger partial charge in [0.1, 0.15) is 52.3 Å². The van der Waals surface area contributed by atoms with Crippen LogP contribution in [-0.4, -0.2) is 110 Å². The van der Waals surface area contributed by atoms with E-state index in [0.29, 0.717) is 0 Å². The lowest BCUT2D eigenvalue weighted by molar-refractivity contribution is -0.378. The Morgan fingerprint density at radius 1 is 0.667 bits per heavy atom. The van der Waals surface area contributed by atoms with Crippen molar-refractivity contribution in [2.45, 2.75) is 60.0 Å². The number of ketones is 2. The highest BCUT2D eigenvalue weighted by Crippen LogP contribution is 2.73. The standard InChI is InChI=1S/C30H26O15/c31-9-1-15(33)11-5-17(35)23(43-19(11)3-9)13-8-22(38)29(41)28(40)25(13)27(39)21(37)7-14(26(28)30(27,42)45-29)24-18(36)6-12-16(34)2-10(32)4-20(12)44-24/h1-4,7-8,17-18,23-26,31-36,39-42H,5-6H2/t17-,18-,23-,24-,25-,26?,27-,28+,29?,30?/m1/s1. The van der Waals surface area contributed by atoms with Crippen molar-refractivity contribution in [3.63, 3.8) is 0 Å². The lowest BCUT2D eigenvalue weighted by Crippen LogP contribution is -2.75. The molecule has 3 unspecified atom stereocenters. The van der Waals surface area contributed by atoms with Crippen molar-refractivity contribution in [2.75, 3.05) is 0 Å². The van der Waals surface area contributed by atoms with Gasteiger partial charge in [-0.2, -0.15) is 0 Å². The molecular formula is C30H26O15. The molecule has 236 valence electrons. The highest BCUT2D eigenvalue weighted by molar-refractivity contribution is 6.07. The summed E-state index contributed by atoms with van der Waals surface area (Å²) in [7, 11) is 0. The van der Waals surface area contributed by atoms with Crippen LogP contribution in [0.5, 0.6) is 34.5 Å². The highest BCUT2D eigenvalue weighted by Gasteiger charge is 2.94. The predicted octanol–water partition coefficient (Wildman–Crippen LogP) is -2.33. The Kier molecular flexibility index (Phi) is 5.23. The van der Waals surface area contributed by atoms with E-state index in [2.05, 4.69) is 0 Å². The molecule has 0 aromatic heterocycles. The lowest BCUT2D eigenvalue weighted by Gasteiger charge is -2.53. The van der Waals surface area contributed by atoms with Crippen LogP contribution in [0.1, 0.15) is 11.1 Å². The summed E-state index contributed by atoms with van der Waals surface area (Å²) in [5.41, 5.74) is -6.66. The van der Waals surface area contributed by atoms with E-state index in [4.69, 9.17) is 14.2 Å². The maximum absolute atomic E-state index is 13.9. The van der Waals surface area contributed by atoms with E-state index < -0.39 is 99.2 Å². The summed E-state index contributed by atoms with van der Waals surface area (Å²) in [5.74, 6) is -14.9. The van der Waals surface area contributed by atoms with Crippen molar-refractivity contribution in [2.24, 2.45) is 11.8 Å². The summed E-state index contributed by atoms with van der Waals surface area (Å²) in [6.07, 6.45) is -5.36. The zero-order valence-electron chi connectivity index (χ0n) is 22.9. The molecule has 45 heavy (non-hydrogen) atoms. The maximum Gasteiger partial charge on any atom is 0.264 e. The van der Waals surface area contributed by atoms with Crippen LogP contribution in [-0.2, 0) is 27.2 Å². The first-order chi connectivity index (χ1) is 21.1. The van der Waals surface area contributed by atoms with Crippen LogP contribution in [0, 0.1) is 11.8 Å².